The van der Waals surface area contributed by atoms with Crippen LogP contribution in [0.3, 0.4) is 0 Å². The first-order valence-electron chi connectivity index (χ1n) is 12.2. The quantitative estimate of drug-likeness (QED) is 0.257. The van der Waals surface area contributed by atoms with Crippen LogP contribution in [0.1, 0.15) is 39.2 Å². The summed E-state index contributed by atoms with van der Waals surface area (Å²) in [7, 11) is 0. The maximum Gasteiger partial charge on any atom is 0.336 e. The van der Waals surface area contributed by atoms with Crippen LogP contribution in [-0.2, 0) is 19.1 Å². The predicted molar refractivity (Wildman–Crippen MR) is 140 cm³/mol. The van der Waals surface area contributed by atoms with Gasteiger partial charge in [0.05, 0.1) is 46.6 Å². The number of carbonyl (C=O) groups excluding carboxylic acids is 2. The monoisotopic (exact) mass is 516 g/mol. The number of esters is 2. The molecule has 1 aromatic heterocycles. The van der Waals surface area contributed by atoms with Gasteiger partial charge >= 0.3 is 11.9 Å². The second-order valence-corrected chi connectivity index (χ2v) is 8.59. The lowest BCUT2D eigenvalue weighted by Crippen LogP contribution is -2.32. The fourth-order valence-electron chi connectivity index (χ4n) is 4.54. The normalized spacial score (nSPS) is 13.8. The third-order valence-electron chi connectivity index (χ3n) is 6.18. The molecule has 196 valence electrons. The molecule has 0 atom stereocenters. The summed E-state index contributed by atoms with van der Waals surface area (Å²) < 4.78 is 12.4. The number of dihydropyridines is 1. The highest BCUT2D eigenvalue weighted by atomic mass is 16.6. The van der Waals surface area contributed by atoms with Crippen molar-refractivity contribution in [3.8, 4) is 16.9 Å². The van der Waals surface area contributed by atoms with Crippen molar-refractivity contribution >= 4 is 17.6 Å². The number of nitrogens with zero attached hydrogens (tertiary/aromatic N) is 3. The molecule has 0 spiro atoms. The van der Waals surface area contributed by atoms with E-state index in [0.717, 1.165) is 5.69 Å². The van der Waals surface area contributed by atoms with E-state index in [0.29, 0.717) is 28.2 Å². The van der Waals surface area contributed by atoms with Crippen molar-refractivity contribution in [1.29, 1.82) is 0 Å². The molecule has 1 aliphatic heterocycles. The van der Waals surface area contributed by atoms with Crippen LogP contribution in [-0.4, -0.2) is 39.9 Å². The van der Waals surface area contributed by atoms with Crippen molar-refractivity contribution in [2.45, 2.75) is 33.6 Å². The molecule has 2 heterocycles. The smallest absolute Gasteiger partial charge is 0.336 e. The minimum Gasteiger partial charge on any atom is -0.463 e. The van der Waals surface area contributed by atoms with Crippen molar-refractivity contribution < 1.29 is 24.0 Å². The van der Waals surface area contributed by atoms with Crippen LogP contribution in [0, 0.1) is 10.1 Å². The lowest BCUT2D eigenvalue weighted by atomic mass is 9.79. The van der Waals surface area contributed by atoms with Gasteiger partial charge in [0.1, 0.15) is 0 Å². The van der Waals surface area contributed by atoms with Gasteiger partial charge in [-0.3, -0.25) is 10.1 Å². The van der Waals surface area contributed by atoms with Gasteiger partial charge in [-0.1, -0.05) is 18.2 Å². The number of nitrogens with one attached hydrogen (secondary N) is 1. The maximum absolute atomic E-state index is 13.3. The number of allylic oxidation sites excluding steroid dienone is 2. The van der Waals surface area contributed by atoms with Crippen LogP contribution in [0.5, 0.6) is 0 Å². The van der Waals surface area contributed by atoms with Crippen LogP contribution in [0.15, 0.2) is 83.3 Å². The van der Waals surface area contributed by atoms with Gasteiger partial charge in [-0.05, 0) is 52.0 Å². The zero-order valence-corrected chi connectivity index (χ0v) is 21.6. The van der Waals surface area contributed by atoms with Gasteiger partial charge in [0.25, 0.3) is 5.69 Å². The van der Waals surface area contributed by atoms with Gasteiger partial charge in [-0.15, -0.1) is 0 Å². The Morgan fingerprint density at radius 3 is 2.00 bits per heavy atom. The zero-order valence-electron chi connectivity index (χ0n) is 21.6. The summed E-state index contributed by atoms with van der Waals surface area (Å²) in [4.78, 5) is 37.3. The maximum atomic E-state index is 13.3. The predicted octanol–water partition coefficient (Wildman–Crippen LogP) is 4.81. The van der Waals surface area contributed by atoms with E-state index in [2.05, 4.69) is 5.32 Å². The molecule has 0 saturated carbocycles. The fourth-order valence-corrected chi connectivity index (χ4v) is 4.54. The molecule has 1 N–H and O–H groups in total. The lowest BCUT2D eigenvalue weighted by molar-refractivity contribution is -0.384. The molecule has 0 aliphatic carbocycles. The Hall–Kier alpha value is -4.73. The molecule has 4 rings (SSSR count). The van der Waals surface area contributed by atoms with Gasteiger partial charge < -0.3 is 14.8 Å². The van der Waals surface area contributed by atoms with Crippen molar-refractivity contribution in [3.63, 3.8) is 0 Å². The zero-order chi connectivity index (χ0) is 27.4. The number of nitro groups is 1. The number of non-ortho nitro benzene ring substituents is 1. The molecule has 0 radical (unpaired) electrons. The van der Waals surface area contributed by atoms with Gasteiger partial charge in [0, 0.05) is 40.9 Å². The SMILES string of the molecule is CCOC(=O)C1=C(C)NC(C)=C(C(=O)OCC)C1c1cn(-c2ccccc2)nc1-c1ccc([N+](=O)[O-])cc1. The largest absolute Gasteiger partial charge is 0.463 e. The highest BCUT2D eigenvalue weighted by molar-refractivity contribution is 6.00. The van der Waals surface area contributed by atoms with Crippen LogP contribution in [0.25, 0.3) is 16.9 Å². The van der Waals surface area contributed by atoms with E-state index in [1.54, 1.807) is 50.7 Å². The molecule has 10 nitrogen and oxygen atoms in total. The standard InChI is InChI=1S/C28H28N4O6/c1-5-37-27(33)23-17(3)29-18(4)24(28(34)38-6-2)25(23)22-16-31(20-10-8-7-9-11-20)30-26(22)19-12-14-21(15-13-19)32(35)36/h7-16,25,29H,5-6H2,1-4H3. The van der Waals surface area contributed by atoms with Crippen LogP contribution in [0.4, 0.5) is 5.69 Å². The summed E-state index contributed by atoms with van der Waals surface area (Å²) in [6.07, 6.45) is 1.76. The molecule has 2 aromatic carbocycles. The average Bonchev–Trinajstić information content (AvgIpc) is 3.34. The highest BCUT2D eigenvalue weighted by Crippen LogP contribution is 2.43. The summed E-state index contributed by atoms with van der Waals surface area (Å²) in [6, 6.07) is 15.4. The van der Waals surface area contributed by atoms with Gasteiger partial charge in [-0.25, -0.2) is 14.3 Å². The Labute approximate surface area is 219 Å². The summed E-state index contributed by atoms with van der Waals surface area (Å²) in [6.45, 7) is 7.22. The first-order valence-corrected chi connectivity index (χ1v) is 12.2. The number of rotatable bonds is 8. The summed E-state index contributed by atoms with van der Waals surface area (Å²) in [5.74, 6) is -2.00. The molecule has 0 bridgehead atoms. The van der Waals surface area contributed by atoms with E-state index >= 15 is 0 Å². The number of ether oxygens (including phenoxy) is 2. The molecular formula is C28H28N4O6. The third-order valence-corrected chi connectivity index (χ3v) is 6.18. The Balaban J connectivity index is 2.00. The third kappa shape index (κ3) is 5.06. The van der Waals surface area contributed by atoms with Crippen molar-refractivity contribution in [3.05, 3.63) is 99.0 Å². The Morgan fingerprint density at radius 1 is 0.947 bits per heavy atom. The summed E-state index contributed by atoms with van der Waals surface area (Å²) in [5.41, 5.74) is 3.89. The van der Waals surface area contributed by atoms with Crippen LogP contribution >= 0.6 is 0 Å². The summed E-state index contributed by atoms with van der Waals surface area (Å²) >= 11 is 0. The van der Waals surface area contributed by atoms with Gasteiger partial charge in [-0.2, -0.15) is 5.10 Å². The molecule has 38 heavy (non-hydrogen) atoms. The Kier molecular flexibility index (Phi) is 7.71. The van der Waals surface area contributed by atoms with E-state index in [9.17, 15) is 19.7 Å². The molecular weight excluding hydrogens is 488 g/mol. The first kappa shape index (κ1) is 26.3. The minimum absolute atomic E-state index is 0.0643. The van der Waals surface area contributed by atoms with E-state index in [1.807, 2.05) is 30.3 Å². The molecule has 0 saturated heterocycles. The molecule has 0 amide bonds. The molecule has 0 unspecified atom stereocenters. The van der Waals surface area contributed by atoms with Crippen LogP contribution in [0.2, 0.25) is 0 Å². The van der Waals surface area contributed by atoms with Gasteiger partial charge in [0.15, 0.2) is 0 Å². The second kappa shape index (κ2) is 11.1. The Bertz CT molecular complexity index is 1400. The van der Waals surface area contributed by atoms with Crippen molar-refractivity contribution in [2.75, 3.05) is 13.2 Å². The number of aromatic nitrogens is 2. The minimum atomic E-state index is -0.864. The average molecular weight is 517 g/mol. The molecule has 0 fully saturated rings. The fraction of sp³-hybridized carbons (Fsp3) is 0.250. The number of benzene rings is 2. The topological polar surface area (TPSA) is 126 Å². The van der Waals surface area contributed by atoms with E-state index < -0.39 is 22.8 Å². The van der Waals surface area contributed by atoms with Gasteiger partial charge in [0.2, 0.25) is 0 Å². The van der Waals surface area contributed by atoms with E-state index in [1.165, 1.54) is 12.1 Å². The molecule has 1 aliphatic rings. The first-order chi connectivity index (χ1) is 18.3. The molecule has 3 aromatic rings. The van der Waals surface area contributed by atoms with E-state index in [4.69, 9.17) is 14.6 Å². The Morgan fingerprint density at radius 2 is 1.50 bits per heavy atom. The lowest BCUT2D eigenvalue weighted by Gasteiger charge is -2.30. The van der Waals surface area contributed by atoms with Crippen molar-refractivity contribution in [2.24, 2.45) is 0 Å². The number of hydrogen-bond acceptors (Lipinski definition) is 8. The number of para-hydroxylation sites is 1. The highest BCUT2D eigenvalue weighted by Gasteiger charge is 2.40. The number of hydrogen-bond donors (Lipinski definition) is 1. The summed E-state index contributed by atoms with van der Waals surface area (Å²) in [5, 5.41) is 19.2. The van der Waals surface area contributed by atoms with E-state index in [-0.39, 0.29) is 30.0 Å². The molecule has 10 heteroatoms. The number of nitro benzene ring substituents is 1. The second-order valence-electron chi connectivity index (χ2n) is 8.59. The number of carbonyl (C=O) groups is 2. The van der Waals surface area contributed by atoms with Crippen molar-refractivity contribution in [1.82, 2.24) is 15.1 Å². The van der Waals surface area contributed by atoms with Crippen LogP contribution < -0.4 is 5.32 Å².